The third-order valence-corrected chi connectivity index (χ3v) is 10.1. The van der Waals surface area contributed by atoms with Crippen LogP contribution in [-0.2, 0) is 38.7 Å². The largest absolute Gasteiger partial charge is 0.462 e. The standard InChI is InChI=1S/C45H74O12S/c1-3-5-7-9-11-13-15-17-19-21-23-25-27-29-31-33-40(46)54-35-38(36-55-45-44(50)43(49)42(48)39(57-45)37-58(51,52)53)56-41(47)34-32-30-28-26-24-22-20-18-16-14-12-10-8-6-4-2/h6,8,10-14,16-20,38-39,42-45,48-50H,3-5,7,9,15,21-37H2,1-2H3,(H,51,52,53)/b8-6+,12-10+,13-11+,16-14+,19-17+,20-18+/t38-,39-,42-,43?,44?,45+/m1/s1. The Morgan fingerprint density at radius 3 is 1.76 bits per heavy atom. The van der Waals surface area contributed by atoms with Crippen molar-refractivity contribution in [3.05, 3.63) is 72.9 Å². The lowest BCUT2D eigenvalue weighted by Gasteiger charge is -2.40. The number of esters is 2. The normalized spacial score (nSPS) is 21.1. The van der Waals surface area contributed by atoms with Gasteiger partial charge < -0.3 is 34.3 Å². The minimum Gasteiger partial charge on any atom is -0.462 e. The van der Waals surface area contributed by atoms with Gasteiger partial charge in [0.15, 0.2) is 12.4 Å². The van der Waals surface area contributed by atoms with E-state index in [1.165, 1.54) is 19.3 Å². The second-order valence-electron chi connectivity index (χ2n) is 14.7. The maximum Gasteiger partial charge on any atom is 0.306 e. The summed E-state index contributed by atoms with van der Waals surface area (Å²) in [5.41, 5.74) is 0. The molecule has 0 amide bonds. The van der Waals surface area contributed by atoms with Gasteiger partial charge >= 0.3 is 11.9 Å². The molecule has 0 aromatic heterocycles. The van der Waals surface area contributed by atoms with Crippen molar-refractivity contribution in [2.24, 2.45) is 0 Å². The lowest BCUT2D eigenvalue weighted by molar-refractivity contribution is -0.297. The van der Waals surface area contributed by atoms with Crippen molar-refractivity contribution in [3.8, 4) is 0 Å². The predicted octanol–water partition coefficient (Wildman–Crippen LogP) is 8.33. The summed E-state index contributed by atoms with van der Waals surface area (Å²) in [6, 6.07) is 0. The molecule has 0 bridgehead atoms. The maximum absolute atomic E-state index is 12.8. The average molecular weight is 839 g/mol. The summed E-state index contributed by atoms with van der Waals surface area (Å²) < 4.78 is 54.0. The summed E-state index contributed by atoms with van der Waals surface area (Å²) in [5.74, 6) is -2.04. The molecule has 13 heteroatoms. The fourth-order valence-corrected chi connectivity index (χ4v) is 6.70. The third kappa shape index (κ3) is 29.3. The molecule has 0 aromatic rings. The smallest absolute Gasteiger partial charge is 0.306 e. The van der Waals surface area contributed by atoms with Crippen molar-refractivity contribution in [1.29, 1.82) is 0 Å². The molecule has 332 valence electrons. The van der Waals surface area contributed by atoms with Gasteiger partial charge in [-0.2, -0.15) is 8.42 Å². The van der Waals surface area contributed by atoms with E-state index in [2.05, 4.69) is 50.3 Å². The number of allylic oxidation sites excluding steroid dienone is 12. The van der Waals surface area contributed by atoms with E-state index >= 15 is 0 Å². The Balaban J connectivity index is 2.51. The number of aliphatic hydroxyl groups is 3. The zero-order valence-electron chi connectivity index (χ0n) is 35.1. The minimum absolute atomic E-state index is 0.131. The summed E-state index contributed by atoms with van der Waals surface area (Å²) in [6.07, 6.45) is 33.7. The van der Waals surface area contributed by atoms with Crippen molar-refractivity contribution >= 4 is 22.1 Å². The molecular weight excluding hydrogens is 765 g/mol. The van der Waals surface area contributed by atoms with E-state index in [4.69, 9.17) is 18.9 Å². The Labute approximate surface area is 348 Å². The van der Waals surface area contributed by atoms with Crippen molar-refractivity contribution in [1.82, 2.24) is 0 Å². The van der Waals surface area contributed by atoms with Gasteiger partial charge in [-0.15, -0.1) is 0 Å². The molecule has 12 nitrogen and oxygen atoms in total. The highest BCUT2D eigenvalue weighted by Crippen LogP contribution is 2.24. The van der Waals surface area contributed by atoms with E-state index in [0.29, 0.717) is 12.8 Å². The first-order valence-corrected chi connectivity index (χ1v) is 23.2. The van der Waals surface area contributed by atoms with Crippen LogP contribution in [0.4, 0.5) is 0 Å². The van der Waals surface area contributed by atoms with Gasteiger partial charge in [-0.3, -0.25) is 14.1 Å². The number of hydrogen-bond acceptors (Lipinski definition) is 11. The van der Waals surface area contributed by atoms with Crippen LogP contribution in [0, 0.1) is 0 Å². The minimum atomic E-state index is -4.61. The van der Waals surface area contributed by atoms with Crippen LogP contribution in [0.25, 0.3) is 0 Å². The van der Waals surface area contributed by atoms with Crippen LogP contribution in [-0.4, -0.2) is 96.0 Å². The molecule has 0 aliphatic carbocycles. The summed E-state index contributed by atoms with van der Waals surface area (Å²) in [5, 5.41) is 30.8. The lowest BCUT2D eigenvalue weighted by atomic mass is 10.00. The summed E-state index contributed by atoms with van der Waals surface area (Å²) in [4.78, 5) is 25.4. The molecule has 0 aromatic carbocycles. The Morgan fingerprint density at radius 2 is 1.16 bits per heavy atom. The summed E-state index contributed by atoms with van der Waals surface area (Å²) >= 11 is 0. The van der Waals surface area contributed by atoms with E-state index in [-0.39, 0.29) is 19.4 Å². The molecule has 0 radical (unpaired) electrons. The number of ether oxygens (including phenoxy) is 4. The number of hydrogen-bond donors (Lipinski definition) is 4. The number of aliphatic hydroxyl groups excluding tert-OH is 3. The van der Waals surface area contributed by atoms with Gasteiger partial charge in [-0.1, -0.05) is 138 Å². The summed E-state index contributed by atoms with van der Waals surface area (Å²) in [6.45, 7) is 3.54. The van der Waals surface area contributed by atoms with Gasteiger partial charge in [0.1, 0.15) is 36.8 Å². The average Bonchev–Trinajstić information content (AvgIpc) is 3.18. The highest BCUT2D eigenvalue weighted by molar-refractivity contribution is 7.85. The van der Waals surface area contributed by atoms with Crippen molar-refractivity contribution in [2.75, 3.05) is 19.0 Å². The van der Waals surface area contributed by atoms with Gasteiger partial charge in [0, 0.05) is 12.8 Å². The Bertz CT molecular complexity index is 1350. The Kier molecular flexibility index (Phi) is 32.0. The molecule has 2 unspecified atom stereocenters. The van der Waals surface area contributed by atoms with Crippen LogP contribution in [0.1, 0.15) is 142 Å². The number of carbonyl (C=O) groups excluding carboxylic acids is 2. The van der Waals surface area contributed by atoms with Crippen molar-refractivity contribution in [2.45, 2.75) is 179 Å². The fraction of sp³-hybridized carbons (Fsp3) is 0.689. The highest BCUT2D eigenvalue weighted by atomic mass is 32.2. The molecule has 0 saturated carbocycles. The van der Waals surface area contributed by atoms with E-state index in [1.54, 1.807) is 0 Å². The fourth-order valence-electron chi connectivity index (χ4n) is 6.01. The predicted molar refractivity (Wildman–Crippen MR) is 228 cm³/mol. The topological polar surface area (TPSA) is 186 Å². The molecule has 1 heterocycles. The zero-order valence-corrected chi connectivity index (χ0v) is 35.9. The second kappa shape index (κ2) is 34.9. The van der Waals surface area contributed by atoms with Crippen molar-refractivity contribution in [3.63, 3.8) is 0 Å². The van der Waals surface area contributed by atoms with E-state index in [0.717, 1.165) is 83.5 Å². The van der Waals surface area contributed by atoms with Gasteiger partial charge in [-0.05, 0) is 64.2 Å². The van der Waals surface area contributed by atoms with Gasteiger partial charge in [0.2, 0.25) is 0 Å². The Hall–Kier alpha value is -2.91. The van der Waals surface area contributed by atoms with Crippen LogP contribution < -0.4 is 0 Å². The van der Waals surface area contributed by atoms with Crippen molar-refractivity contribution < 1.29 is 56.8 Å². The molecule has 58 heavy (non-hydrogen) atoms. The zero-order chi connectivity index (χ0) is 42.7. The van der Waals surface area contributed by atoms with Crippen LogP contribution >= 0.6 is 0 Å². The Morgan fingerprint density at radius 1 is 0.621 bits per heavy atom. The SMILES string of the molecule is CC/C=C/C=C/C=C/C=C/CCCCCCCC(=O)O[C@H](COC(=O)CCCCCCC/C=C/C/C=C/CCCCC)CO[C@H]1O[C@H](CS(=O)(=O)O)[C@@H](O)C(O)C1O. The van der Waals surface area contributed by atoms with E-state index < -0.39 is 71.2 Å². The van der Waals surface area contributed by atoms with Crippen LogP contribution in [0.3, 0.4) is 0 Å². The molecule has 4 N–H and O–H groups in total. The number of carbonyl (C=O) groups is 2. The monoisotopic (exact) mass is 838 g/mol. The van der Waals surface area contributed by atoms with Crippen LogP contribution in [0.2, 0.25) is 0 Å². The van der Waals surface area contributed by atoms with Gasteiger partial charge in [0.25, 0.3) is 10.1 Å². The first-order valence-electron chi connectivity index (χ1n) is 21.5. The molecule has 1 rings (SSSR count). The molecule has 6 atom stereocenters. The third-order valence-electron chi connectivity index (χ3n) is 9.36. The second-order valence-corrected chi connectivity index (χ2v) is 16.2. The van der Waals surface area contributed by atoms with Gasteiger partial charge in [-0.25, -0.2) is 0 Å². The van der Waals surface area contributed by atoms with E-state index in [1.807, 2.05) is 36.5 Å². The molecule has 1 aliphatic rings. The van der Waals surface area contributed by atoms with Crippen LogP contribution in [0.15, 0.2) is 72.9 Å². The quantitative estimate of drug-likeness (QED) is 0.0160. The highest BCUT2D eigenvalue weighted by Gasteiger charge is 2.46. The first-order chi connectivity index (χ1) is 28.0. The van der Waals surface area contributed by atoms with Crippen LogP contribution in [0.5, 0.6) is 0 Å². The maximum atomic E-state index is 12.8. The molecule has 1 saturated heterocycles. The lowest BCUT2D eigenvalue weighted by Crippen LogP contribution is -2.60. The number of unbranched alkanes of at least 4 members (excludes halogenated alkanes) is 13. The molecule has 0 spiro atoms. The molecule has 1 aliphatic heterocycles. The van der Waals surface area contributed by atoms with Gasteiger partial charge in [0.05, 0.1) is 6.61 Å². The van der Waals surface area contributed by atoms with E-state index in [9.17, 15) is 37.9 Å². The number of rotatable bonds is 34. The molecular formula is C45H74O12S. The summed E-state index contributed by atoms with van der Waals surface area (Å²) in [7, 11) is -4.61. The molecule has 1 fully saturated rings. The first kappa shape index (κ1) is 53.1.